The van der Waals surface area contributed by atoms with Crippen LogP contribution < -0.4 is 4.74 Å². The van der Waals surface area contributed by atoms with Crippen LogP contribution >= 0.6 is 0 Å². The predicted molar refractivity (Wildman–Crippen MR) is 119 cm³/mol. The molecule has 0 fully saturated rings. The van der Waals surface area contributed by atoms with E-state index in [4.69, 9.17) is 9.47 Å². The lowest BCUT2D eigenvalue weighted by atomic mass is 9.98. The van der Waals surface area contributed by atoms with Crippen molar-refractivity contribution in [1.82, 2.24) is 9.88 Å². The number of carbonyl (C=O) groups excluding carboxylic acids is 3. The summed E-state index contributed by atoms with van der Waals surface area (Å²) in [6.07, 6.45) is 0. The van der Waals surface area contributed by atoms with Crippen molar-refractivity contribution in [3.8, 4) is 5.75 Å². The highest BCUT2D eigenvalue weighted by molar-refractivity contribution is 6.07. The number of esters is 1. The van der Waals surface area contributed by atoms with E-state index in [0.29, 0.717) is 34.7 Å². The molecular weight excluding hydrogens is 396 g/mol. The first-order valence-corrected chi connectivity index (χ1v) is 10.5. The van der Waals surface area contributed by atoms with Gasteiger partial charge in [-0.25, -0.2) is 4.79 Å². The van der Waals surface area contributed by atoms with E-state index in [1.165, 1.54) is 0 Å². The number of methoxy groups -OCH3 is 1. The van der Waals surface area contributed by atoms with Gasteiger partial charge in [-0.3, -0.25) is 9.59 Å². The van der Waals surface area contributed by atoms with Crippen LogP contribution in [0.2, 0.25) is 0 Å². The molecule has 0 aliphatic heterocycles. The maximum Gasteiger partial charge on any atom is 0.355 e. The number of ether oxygens (including phenoxy) is 2. The van der Waals surface area contributed by atoms with Crippen molar-refractivity contribution in [2.24, 2.45) is 5.92 Å². The Bertz CT molecular complexity index is 944. The summed E-state index contributed by atoms with van der Waals surface area (Å²) in [5, 5.41) is 0. The lowest BCUT2D eigenvalue weighted by Gasteiger charge is -2.30. The number of nitrogens with zero attached hydrogens (tertiary/aromatic N) is 1. The fourth-order valence-corrected chi connectivity index (χ4v) is 3.59. The second-order valence-electron chi connectivity index (χ2n) is 7.97. The molecule has 1 N–H and O–H groups in total. The number of hydrogen-bond acceptors (Lipinski definition) is 5. The number of aromatic nitrogens is 1. The Morgan fingerprint density at radius 2 is 1.68 bits per heavy atom. The van der Waals surface area contributed by atoms with Gasteiger partial charge in [0.05, 0.1) is 19.8 Å². The Kier molecular flexibility index (Phi) is 8.02. The Morgan fingerprint density at radius 3 is 2.19 bits per heavy atom. The lowest BCUT2D eigenvalue weighted by Crippen LogP contribution is -2.45. The average molecular weight is 429 g/mol. The molecule has 7 nitrogen and oxygen atoms in total. The first kappa shape index (κ1) is 24.2. The number of carbonyl (C=O) groups is 3. The van der Waals surface area contributed by atoms with Crippen LogP contribution in [0.1, 0.15) is 70.2 Å². The molecule has 0 bridgehead atoms. The summed E-state index contributed by atoms with van der Waals surface area (Å²) < 4.78 is 10.2. The molecule has 1 aromatic carbocycles. The van der Waals surface area contributed by atoms with Crippen LogP contribution in [0.15, 0.2) is 24.3 Å². The number of ketones is 1. The second-order valence-corrected chi connectivity index (χ2v) is 7.97. The number of benzene rings is 1. The highest BCUT2D eigenvalue weighted by Crippen LogP contribution is 2.24. The smallest absolute Gasteiger partial charge is 0.355 e. The first-order valence-electron chi connectivity index (χ1n) is 10.5. The minimum absolute atomic E-state index is 0.168. The third kappa shape index (κ3) is 5.34. The van der Waals surface area contributed by atoms with Gasteiger partial charge >= 0.3 is 5.97 Å². The molecular formula is C24H32N2O5. The van der Waals surface area contributed by atoms with E-state index in [1.54, 1.807) is 64.0 Å². The van der Waals surface area contributed by atoms with Crippen molar-refractivity contribution in [3.05, 3.63) is 52.3 Å². The number of amides is 1. The van der Waals surface area contributed by atoms with E-state index in [9.17, 15) is 14.4 Å². The molecule has 0 saturated heterocycles. The molecule has 0 saturated carbocycles. The van der Waals surface area contributed by atoms with Crippen molar-refractivity contribution in [1.29, 1.82) is 0 Å². The zero-order valence-electron chi connectivity index (χ0n) is 19.4. The van der Waals surface area contributed by atoms with Crippen molar-refractivity contribution >= 4 is 17.7 Å². The molecule has 0 spiro atoms. The van der Waals surface area contributed by atoms with Gasteiger partial charge in [0.1, 0.15) is 11.4 Å². The summed E-state index contributed by atoms with van der Waals surface area (Å²) in [4.78, 5) is 43.5. The fourth-order valence-electron chi connectivity index (χ4n) is 3.59. The zero-order chi connectivity index (χ0) is 23.3. The molecule has 0 aliphatic carbocycles. The Balaban J connectivity index is 2.38. The molecule has 2 aromatic rings. The van der Waals surface area contributed by atoms with Gasteiger partial charge in [-0.05, 0) is 63.4 Å². The van der Waals surface area contributed by atoms with Crippen molar-refractivity contribution in [2.75, 3.05) is 20.3 Å². The van der Waals surface area contributed by atoms with Crippen LogP contribution in [-0.2, 0) is 4.74 Å². The standard InChI is InChI=1S/C24H32N2O5/c1-8-31-24(29)21-15(4)20(16(5)25-21)22(27)17(6)26(13-14(2)3)23(28)18-9-11-19(30-7)12-10-18/h9-12,14,17,25H,8,13H2,1-7H3/t17-/m1/s1. The number of nitrogens with one attached hydrogen (secondary N) is 1. The maximum absolute atomic E-state index is 13.5. The van der Waals surface area contributed by atoms with E-state index in [0.717, 1.165) is 0 Å². The van der Waals surface area contributed by atoms with Crippen LogP contribution in [0.25, 0.3) is 0 Å². The predicted octanol–water partition coefficient (Wildman–Crippen LogP) is 4.19. The van der Waals surface area contributed by atoms with Crippen LogP contribution in [0.5, 0.6) is 5.75 Å². The third-order valence-corrected chi connectivity index (χ3v) is 5.17. The Hall–Kier alpha value is -3.09. The Labute approximate surface area is 183 Å². The summed E-state index contributed by atoms with van der Waals surface area (Å²) in [6.45, 7) is 11.6. The van der Waals surface area contributed by atoms with E-state index in [-0.39, 0.29) is 29.9 Å². The SMILES string of the molecule is CCOC(=O)c1[nH]c(C)c(C(=O)[C@@H](C)N(CC(C)C)C(=O)c2ccc(OC)cc2)c1C. The van der Waals surface area contributed by atoms with Crippen LogP contribution in [0.3, 0.4) is 0 Å². The van der Waals surface area contributed by atoms with Crippen LogP contribution in [-0.4, -0.2) is 53.8 Å². The Morgan fingerprint density at radius 1 is 1.06 bits per heavy atom. The first-order chi connectivity index (χ1) is 14.6. The second kappa shape index (κ2) is 10.3. The topological polar surface area (TPSA) is 88.7 Å². The molecule has 2 rings (SSSR count). The van der Waals surface area contributed by atoms with Gasteiger partial charge in [-0.2, -0.15) is 0 Å². The van der Waals surface area contributed by atoms with Gasteiger partial charge < -0.3 is 19.4 Å². The average Bonchev–Trinajstić information content (AvgIpc) is 3.04. The largest absolute Gasteiger partial charge is 0.497 e. The van der Waals surface area contributed by atoms with E-state index in [2.05, 4.69) is 4.98 Å². The van der Waals surface area contributed by atoms with Gasteiger partial charge in [0.15, 0.2) is 5.78 Å². The molecule has 1 heterocycles. The highest BCUT2D eigenvalue weighted by atomic mass is 16.5. The van der Waals surface area contributed by atoms with Crippen LogP contribution in [0.4, 0.5) is 0 Å². The van der Waals surface area contributed by atoms with Gasteiger partial charge in [-0.15, -0.1) is 0 Å². The minimum Gasteiger partial charge on any atom is -0.497 e. The minimum atomic E-state index is -0.708. The van der Waals surface area contributed by atoms with E-state index < -0.39 is 12.0 Å². The van der Waals surface area contributed by atoms with Crippen LogP contribution in [0, 0.1) is 19.8 Å². The summed E-state index contributed by atoms with van der Waals surface area (Å²) >= 11 is 0. The number of Topliss-reactive ketones (excluding diaryl/α,β-unsaturated/α-hetero) is 1. The molecule has 31 heavy (non-hydrogen) atoms. The van der Waals surface area contributed by atoms with Gasteiger partial charge in [0, 0.05) is 23.4 Å². The molecule has 7 heteroatoms. The summed E-state index contributed by atoms with van der Waals surface area (Å²) in [6, 6.07) is 6.12. The lowest BCUT2D eigenvalue weighted by molar-refractivity contribution is 0.0518. The van der Waals surface area contributed by atoms with Gasteiger partial charge in [0.25, 0.3) is 5.91 Å². The molecule has 1 atom stereocenters. The van der Waals surface area contributed by atoms with Crippen molar-refractivity contribution in [2.45, 2.75) is 47.6 Å². The maximum atomic E-state index is 13.5. The zero-order valence-corrected chi connectivity index (χ0v) is 19.4. The molecule has 0 aliphatic rings. The number of H-pyrrole nitrogens is 1. The number of aryl methyl sites for hydroxylation is 1. The van der Waals surface area contributed by atoms with Gasteiger partial charge in [-0.1, -0.05) is 13.8 Å². The number of rotatable bonds is 9. The molecule has 1 amide bonds. The third-order valence-electron chi connectivity index (χ3n) is 5.17. The number of hydrogen-bond donors (Lipinski definition) is 1. The highest BCUT2D eigenvalue weighted by Gasteiger charge is 2.32. The quantitative estimate of drug-likeness (QED) is 0.478. The van der Waals surface area contributed by atoms with Crippen molar-refractivity contribution in [3.63, 3.8) is 0 Å². The molecule has 168 valence electrons. The fraction of sp³-hybridized carbons (Fsp3) is 0.458. The van der Waals surface area contributed by atoms with Gasteiger partial charge in [0.2, 0.25) is 0 Å². The summed E-state index contributed by atoms with van der Waals surface area (Å²) in [5.41, 5.74) is 2.29. The molecule has 0 unspecified atom stereocenters. The molecule has 1 aromatic heterocycles. The summed E-state index contributed by atoms with van der Waals surface area (Å²) in [7, 11) is 1.56. The normalized spacial score (nSPS) is 11.9. The number of aromatic amines is 1. The van der Waals surface area contributed by atoms with Crippen molar-refractivity contribution < 1.29 is 23.9 Å². The molecule has 0 radical (unpaired) electrons. The summed E-state index contributed by atoms with van der Waals surface area (Å²) in [5.74, 6) is -0.122. The monoisotopic (exact) mass is 428 g/mol. The van der Waals surface area contributed by atoms with E-state index >= 15 is 0 Å². The van der Waals surface area contributed by atoms with E-state index in [1.807, 2.05) is 13.8 Å².